The number of piperidine rings is 1. The van der Waals surface area contributed by atoms with Gasteiger partial charge in [-0.1, -0.05) is 67.0 Å². The van der Waals surface area contributed by atoms with Crippen LogP contribution in [0.15, 0.2) is 24.3 Å². The van der Waals surface area contributed by atoms with Crippen LogP contribution in [-0.2, 0) is 6.42 Å². The van der Waals surface area contributed by atoms with Gasteiger partial charge in [-0.05, 0) is 67.1 Å². The summed E-state index contributed by atoms with van der Waals surface area (Å²) >= 11 is 0. The molecule has 1 fully saturated rings. The summed E-state index contributed by atoms with van der Waals surface area (Å²) < 4.78 is 0. The summed E-state index contributed by atoms with van der Waals surface area (Å²) in [6.07, 6.45) is 7.33. The van der Waals surface area contributed by atoms with E-state index in [1.807, 2.05) is 0 Å². The molecule has 0 spiro atoms. The van der Waals surface area contributed by atoms with Crippen LogP contribution in [0.25, 0.3) is 0 Å². The maximum absolute atomic E-state index is 6.44. The highest BCUT2D eigenvalue weighted by Crippen LogP contribution is 2.27. The number of nitrogens with two attached hydrogens (primary N) is 1. The summed E-state index contributed by atoms with van der Waals surface area (Å²) in [6, 6.07) is 10.4. The molecule has 1 heterocycles. The standard InChI is InChI=1S/C28H51N3/c1-8-23(4)27(29)21-30-18-15-26(16-19-30)31(20-14-22(2)3)25-11-9-24(10-12-25)13-17-28(5,6)7/h9-12,22-23,26-27H,8,13-21,29H2,1-7H3. The van der Waals surface area contributed by atoms with Gasteiger partial charge in [0.25, 0.3) is 0 Å². The highest BCUT2D eigenvalue weighted by atomic mass is 15.2. The van der Waals surface area contributed by atoms with Crippen LogP contribution in [0.2, 0.25) is 0 Å². The lowest BCUT2D eigenvalue weighted by Gasteiger charge is -2.41. The van der Waals surface area contributed by atoms with Crippen molar-refractivity contribution in [3.63, 3.8) is 0 Å². The van der Waals surface area contributed by atoms with E-state index in [0.29, 0.717) is 23.4 Å². The third-order valence-corrected chi connectivity index (χ3v) is 7.22. The number of hydrogen-bond donors (Lipinski definition) is 1. The maximum Gasteiger partial charge on any atom is 0.0368 e. The predicted octanol–water partition coefficient (Wildman–Crippen LogP) is 6.36. The summed E-state index contributed by atoms with van der Waals surface area (Å²) in [5.74, 6) is 1.35. The molecule has 178 valence electrons. The fourth-order valence-corrected chi connectivity index (χ4v) is 4.49. The van der Waals surface area contributed by atoms with E-state index in [4.69, 9.17) is 5.73 Å². The fourth-order valence-electron chi connectivity index (χ4n) is 4.49. The minimum atomic E-state index is 0.305. The van der Waals surface area contributed by atoms with Crippen molar-refractivity contribution >= 4 is 5.69 Å². The zero-order valence-corrected chi connectivity index (χ0v) is 21.7. The molecule has 0 radical (unpaired) electrons. The Balaban J connectivity index is 1.99. The lowest BCUT2D eigenvalue weighted by Crippen LogP contribution is -2.49. The van der Waals surface area contributed by atoms with Gasteiger partial charge in [0, 0.05) is 44.0 Å². The van der Waals surface area contributed by atoms with E-state index < -0.39 is 0 Å². The highest BCUT2D eigenvalue weighted by Gasteiger charge is 2.26. The number of aryl methyl sites for hydroxylation is 1. The summed E-state index contributed by atoms with van der Waals surface area (Å²) in [6.45, 7) is 20.8. The minimum absolute atomic E-state index is 0.305. The van der Waals surface area contributed by atoms with Crippen LogP contribution >= 0.6 is 0 Å². The molecule has 3 nitrogen and oxygen atoms in total. The monoisotopic (exact) mass is 429 g/mol. The normalized spacial score (nSPS) is 18.4. The van der Waals surface area contributed by atoms with Crippen molar-refractivity contribution in [2.75, 3.05) is 31.1 Å². The Morgan fingerprint density at radius 2 is 1.68 bits per heavy atom. The Hall–Kier alpha value is -1.06. The molecule has 31 heavy (non-hydrogen) atoms. The van der Waals surface area contributed by atoms with E-state index in [1.165, 1.54) is 62.9 Å². The zero-order valence-electron chi connectivity index (χ0n) is 21.7. The molecule has 0 saturated carbocycles. The molecule has 1 saturated heterocycles. The first-order valence-electron chi connectivity index (χ1n) is 12.9. The Labute approximate surface area is 193 Å². The average Bonchev–Trinajstić information content (AvgIpc) is 2.73. The first kappa shape index (κ1) is 26.2. The van der Waals surface area contributed by atoms with Crippen molar-refractivity contribution < 1.29 is 0 Å². The van der Waals surface area contributed by atoms with Gasteiger partial charge in [0.15, 0.2) is 0 Å². The average molecular weight is 430 g/mol. The second-order valence-electron chi connectivity index (χ2n) is 11.7. The maximum atomic E-state index is 6.44. The Bertz CT molecular complexity index is 608. The molecule has 3 heteroatoms. The summed E-state index contributed by atoms with van der Waals surface area (Å²) in [7, 11) is 0. The molecular formula is C28H51N3. The van der Waals surface area contributed by atoms with E-state index in [9.17, 15) is 0 Å². The van der Waals surface area contributed by atoms with E-state index in [2.05, 4.69) is 82.5 Å². The van der Waals surface area contributed by atoms with Crippen molar-refractivity contribution in [1.29, 1.82) is 0 Å². The first-order valence-corrected chi connectivity index (χ1v) is 12.9. The molecule has 2 N–H and O–H groups in total. The van der Waals surface area contributed by atoms with Crippen LogP contribution in [0.1, 0.15) is 86.1 Å². The molecule has 0 amide bonds. The lowest BCUT2D eigenvalue weighted by atomic mass is 9.88. The molecule has 1 aliphatic rings. The molecule has 2 rings (SSSR count). The lowest BCUT2D eigenvalue weighted by molar-refractivity contribution is 0.183. The third-order valence-electron chi connectivity index (χ3n) is 7.22. The van der Waals surface area contributed by atoms with Crippen LogP contribution in [0.5, 0.6) is 0 Å². The van der Waals surface area contributed by atoms with Crippen LogP contribution < -0.4 is 10.6 Å². The number of benzene rings is 1. The summed E-state index contributed by atoms with van der Waals surface area (Å²) in [5.41, 5.74) is 9.72. The molecular weight excluding hydrogens is 378 g/mol. The van der Waals surface area contributed by atoms with E-state index in [1.54, 1.807) is 0 Å². The molecule has 1 aliphatic heterocycles. The van der Waals surface area contributed by atoms with Gasteiger partial charge in [0.2, 0.25) is 0 Å². The van der Waals surface area contributed by atoms with Gasteiger partial charge in [0.05, 0.1) is 0 Å². The van der Waals surface area contributed by atoms with E-state index in [-0.39, 0.29) is 0 Å². The van der Waals surface area contributed by atoms with Gasteiger partial charge >= 0.3 is 0 Å². The summed E-state index contributed by atoms with van der Waals surface area (Å²) in [5, 5.41) is 0. The molecule has 2 unspecified atom stereocenters. The topological polar surface area (TPSA) is 32.5 Å². The van der Waals surface area contributed by atoms with Gasteiger partial charge < -0.3 is 15.5 Å². The molecule has 0 bridgehead atoms. The van der Waals surface area contributed by atoms with Gasteiger partial charge in [-0.25, -0.2) is 0 Å². The fraction of sp³-hybridized carbons (Fsp3) is 0.786. The molecule has 0 aromatic heterocycles. The number of nitrogens with zero attached hydrogens (tertiary/aromatic N) is 2. The summed E-state index contributed by atoms with van der Waals surface area (Å²) in [4.78, 5) is 5.31. The third kappa shape index (κ3) is 9.14. The van der Waals surface area contributed by atoms with Crippen molar-refractivity contribution in [1.82, 2.24) is 4.90 Å². The van der Waals surface area contributed by atoms with Crippen molar-refractivity contribution in [3.8, 4) is 0 Å². The van der Waals surface area contributed by atoms with E-state index in [0.717, 1.165) is 19.0 Å². The van der Waals surface area contributed by atoms with Crippen LogP contribution in [0, 0.1) is 17.3 Å². The smallest absolute Gasteiger partial charge is 0.0368 e. The van der Waals surface area contributed by atoms with Gasteiger partial charge in [-0.2, -0.15) is 0 Å². The van der Waals surface area contributed by atoms with Gasteiger partial charge in [0.1, 0.15) is 0 Å². The second kappa shape index (κ2) is 12.3. The van der Waals surface area contributed by atoms with Crippen molar-refractivity contribution in [2.45, 2.75) is 99.1 Å². The first-order chi connectivity index (χ1) is 14.6. The van der Waals surface area contributed by atoms with Crippen molar-refractivity contribution in [2.24, 2.45) is 23.0 Å². The van der Waals surface area contributed by atoms with Crippen LogP contribution in [-0.4, -0.2) is 43.2 Å². The predicted molar refractivity (Wildman–Crippen MR) is 138 cm³/mol. The SMILES string of the molecule is CCC(C)C(N)CN1CCC(N(CCC(C)C)c2ccc(CCC(C)(C)C)cc2)CC1. The molecule has 1 aromatic rings. The van der Waals surface area contributed by atoms with Crippen LogP contribution in [0.4, 0.5) is 5.69 Å². The Kier molecular flexibility index (Phi) is 10.4. The van der Waals surface area contributed by atoms with Crippen molar-refractivity contribution in [3.05, 3.63) is 29.8 Å². The minimum Gasteiger partial charge on any atom is -0.368 e. The van der Waals surface area contributed by atoms with Gasteiger partial charge in [-0.3, -0.25) is 0 Å². The number of hydrogen-bond acceptors (Lipinski definition) is 3. The molecule has 0 aliphatic carbocycles. The quantitative estimate of drug-likeness (QED) is 0.444. The Morgan fingerprint density at radius 1 is 1.06 bits per heavy atom. The zero-order chi connectivity index (χ0) is 23.0. The number of anilines is 1. The molecule has 2 atom stereocenters. The highest BCUT2D eigenvalue weighted by molar-refractivity contribution is 5.49. The van der Waals surface area contributed by atoms with E-state index >= 15 is 0 Å². The van der Waals surface area contributed by atoms with Crippen LogP contribution in [0.3, 0.4) is 0 Å². The largest absolute Gasteiger partial charge is 0.368 e. The molecule has 1 aromatic carbocycles. The number of likely N-dealkylation sites (tertiary alicyclic amines) is 1. The van der Waals surface area contributed by atoms with Gasteiger partial charge in [-0.15, -0.1) is 0 Å². The number of rotatable bonds is 11. The Morgan fingerprint density at radius 3 is 2.19 bits per heavy atom. The second-order valence-corrected chi connectivity index (χ2v) is 11.7.